The molecule has 0 saturated carbocycles. The van der Waals surface area contributed by atoms with Crippen LogP contribution in [0.2, 0.25) is 0 Å². The Kier molecular flexibility index (Phi) is 3.82. The summed E-state index contributed by atoms with van der Waals surface area (Å²) >= 11 is 1.64. The molecule has 0 aromatic carbocycles. The van der Waals surface area contributed by atoms with Gasteiger partial charge in [0.1, 0.15) is 0 Å². The minimum Gasteiger partial charge on any atom is -0.481 e. The van der Waals surface area contributed by atoms with Crippen LogP contribution in [-0.2, 0) is 5.75 Å². The molecule has 0 spiro atoms. The van der Waals surface area contributed by atoms with Gasteiger partial charge in [0.25, 0.3) is 0 Å². The molecule has 5 heteroatoms. The van der Waals surface area contributed by atoms with Crippen molar-refractivity contribution in [2.75, 3.05) is 12.8 Å². The van der Waals surface area contributed by atoms with Gasteiger partial charge in [0.05, 0.1) is 19.0 Å². The Bertz CT molecular complexity index is 505. The number of nitrogens with two attached hydrogens (primary N) is 1. The number of nitrogens with zero attached hydrogens (tertiary/aromatic N) is 2. The number of pyridine rings is 2. The van der Waals surface area contributed by atoms with E-state index in [1.54, 1.807) is 37.5 Å². The van der Waals surface area contributed by atoms with E-state index in [2.05, 4.69) is 9.97 Å². The zero-order chi connectivity index (χ0) is 12.1. The first-order chi connectivity index (χ1) is 8.31. The quantitative estimate of drug-likeness (QED) is 0.840. The maximum Gasteiger partial charge on any atom is 0.217 e. The normalized spacial score (nSPS) is 10.2. The summed E-state index contributed by atoms with van der Waals surface area (Å²) in [7, 11) is 1.62. The van der Waals surface area contributed by atoms with Gasteiger partial charge in [-0.1, -0.05) is 6.07 Å². The minimum absolute atomic E-state index is 0.660. The summed E-state index contributed by atoms with van der Waals surface area (Å²) < 4.78 is 5.20. The minimum atomic E-state index is 0.660. The van der Waals surface area contributed by atoms with Gasteiger partial charge in [-0.25, -0.2) is 4.98 Å². The van der Waals surface area contributed by atoms with Gasteiger partial charge >= 0.3 is 0 Å². The smallest absolute Gasteiger partial charge is 0.217 e. The Morgan fingerprint density at radius 1 is 1.35 bits per heavy atom. The molecule has 4 nitrogen and oxygen atoms in total. The summed E-state index contributed by atoms with van der Waals surface area (Å²) in [5, 5.41) is 0. The highest BCUT2D eigenvalue weighted by Gasteiger charge is 2.05. The van der Waals surface area contributed by atoms with Crippen LogP contribution in [0, 0.1) is 0 Å². The summed E-state index contributed by atoms with van der Waals surface area (Å²) in [6.07, 6.45) is 5.11. The third-order valence-electron chi connectivity index (χ3n) is 2.24. The van der Waals surface area contributed by atoms with Gasteiger partial charge in [-0.3, -0.25) is 4.98 Å². The summed E-state index contributed by atoms with van der Waals surface area (Å²) in [4.78, 5) is 9.13. The molecule has 17 heavy (non-hydrogen) atoms. The van der Waals surface area contributed by atoms with Crippen LogP contribution in [0.4, 0.5) is 5.69 Å². The van der Waals surface area contributed by atoms with Crippen LogP contribution in [-0.4, -0.2) is 17.1 Å². The largest absolute Gasteiger partial charge is 0.481 e. The van der Waals surface area contributed by atoms with Gasteiger partial charge in [0.2, 0.25) is 5.88 Å². The van der Waals surface area contributed by atoms with Crippen LogP contribution in [0.25, 0.3) is 0 Å². The molecule has 0 saturated heterocycles. The number of anilines is 1. The fourth-order valence-corrected chi connectivity index (χ4v) is 2.31. The molecule has 0 unspecified atom stereocenters. The van der Waals surface area contributed by atoms with Crippen molar-refractivity contribution in [2.24, 2.45) is 0 Å². The number of rotatable bonds is 4. The van der Waals surface area contributed by atoms with Crippen LogP contribution < -0.4 is 10.5 Å². The first-order valence-corrected chi connectivity index (χ1v) is 6.10. The molecule has 2 rings (SSSR count). The van der Waals surface area contributed by atoms with Crippen LogP contribution >= 0.6 is 11.8 Å². The molecule has 0 aliphatic rings. The number of aromatic nitrogens is 2. The van der Waals surface area contributed by atoms with Crippen molar-refractivity contribution in [3.05, 3.63) is 42.4 Å². The van der Waals surface area contributed by atoms with E-state index in [1.165, 1.54) is 0 Å². The number of methoxy groups -OCH3 is 1. The predicted molar refractivity (Wildman–Crippen MR) is 69.0 cm³/mol. The van der Waals surface area contributed by atoms with Gasteiger partial charge in [0.15, 0.2) is 0 Å². The molecule has 0 aliphatic carbocycles. The molecule has 2 heterocycles. The fraction of sp³-hybridized carbons (Fsp3) is 0.167. The lowest BCUT2D eigenvalue weighted by Gasteiger charge is -2.07. The van der Waals surface area contributed by atoms with Gasteiger partial charge in [-0.05, 0) is 12.1 Å². The average Bonchev–Trinajstić information content (AvgIpc) is 2.38. The maximum absolute atomic E-state index is 5.83. The second kappa shape index (κ2) is 5.54. The van der Waals surface area contributed by atoms with E-state index in [0.29, 0.717) is 11.6 Å². The Morgan fingerprint density at radius 3 is 3.00 bits per heavy atom. The second-order valence-electron chi connectivity index (χ2n) is 3.37. The highest BCUT2D eigenvalue weighted by atomic mass is 32.2. The predicted octanol–water partition coefficient (Wildman–Crippen LogP) is 2.36. The average molecular weight is 247 g/mol. The van der Waals surface area contributed by atoms with E-state index in [9.17, 15) is 0 Å². The molecule has 0 atom stereocenters. The van der Waals surface area contributed by atoms with Crippen LogP contribution in [0.1, 0.15) is 5.56 Å². The van der Waals surface area contributed by atoms with Crippen molar-refractivity contribution >= 4 is 17.4 Å². The molecule has 0 aliphatic heterocycles. The zero-order valence-corrected chi connectivity index (χ0v) is 10.3. The second-order valence-corrected chi connectivity index (χ2v) is 4.39. The molecule has 0 fully saturated rings. The van der Waals surface area contributed by atoms with Crippen molar-refractivity contribution < 1.29 is 4.74 Å². The Labute approximate surface area is 104 Å². The van der Waals surface area contributed by atoms with E-state index in [-0.39, 0.29) is 0 Å². The molecule has 0 amide bonds. The van der Waals surface area contributed by atoms with E-state index in [4.69, 9.17) is 10.5 Å². The van der Waals surface area contributed by atoms with Gasteiger partial charge < -0.3 is 10.5 Å². The first kappa shape index (κ1) is 11.7. The van der Waals surface area contributed by atoms with E-state index < -0.39 is 0 Å². The third-order valence-corrected chi connectivity index (χ3v) is 3.37. The molecular weight excluding hydrogens is 234 g/mol. The Balaban J connectivity index is 2.10. The number of hydrogen-bond donors (Lipinski definition) is 1. The summed E-state index contributed by atoms with van der Waals surface area (Å²) in [5.74, 6) is 1.43. The number of hydrogen-bond acceptors (Lipinski definition) is 5. The Morgan fingerprint density at radius 2 is 2.24 bits per heavy atom. The SMILES string of the molecule is COc1ncccc1CSc1ccncc1N. The fourth-order valence-electron chi connectivity index (χ4n) is 1.40. The van der Waals surface area contributed by atoms with Crippen LogP contribution in [0.15, 0.2) is 41.7 Å². The lowest BCUT2D eigenvalue weighted by atomic mass is 10.3. The van der Waals surface area contributed by atoms with E-state index >= 15 is 0 Å². The number of ether oxygens (including phenoxy) is 1. The van der Waals surface area contributed by atoms with Crippen molar-refractivity contribution in [1.29, 1.82) is 0 Å². The third kappa shape index (κ3) is 2.88. The summed E-state index contributed by atoms with van der Waals surface area (Å²) in [6, 6.07) is 5.80. The van der Waals surface area contributed by atoms with Crippen molar-refractivity contribution in [3.63, 3.8) is 0 Å². The summed E-state index contributed by atoms with van der Waals surface area (Å²) in [6.45, 7) is 0. The molecule has 0 bridgehead atoms. The maximum atomic E-state index is 5.83. The van der Waals surface area contributed by atoms with Crippen LogP contribution in [0.5, 0.6) is 5.88 Å². The standard InChI is InChI=1S/C12H13N3OS/c1-16-12-9(3-2-5-15-12)8-17-11-4-6-14-7-10(11)13/h2-7H,8,13H2,1H3. The van der Waals surface area contributed by atoms with E-state index in [1.807, 2.05) is 18.2 Å². The molecule has 0 radical (unpaired) electrons. The van der Waals surface area contributed by atoms with Crippen molar-refractivity contribution in [3.8, 4) is 5.88 Å². The highest BCUT2D eigenvalue weighted by Crippen LogP contribution is 2.29. The van der Waals surface area contributed by atoms with Gasteiger partial charge in [0, 0.05) is 28.6 Å². The highest BCUT2D eigenvalue weighted by molar-refractivity contribution is 7.98. The molecule has 88 valence electrons. The Hall–Kier alpha value is -1.75. The lowest BCUT2D eigenvalue weighted by molar-refractivity contribution is 0.394. The monoisotopic (exact) mass is 247 g/mol. The first-order valence-electron chi connectivity index (χ1n) is 5.11. The zero-order valence-electron chi connectivity index (χ0n) is 9.46. The van der Waals surface area contributed by atoms with Gasteiger partial charge in [-0.15, -0.1) is 11.8 Å². The van der Waals surface area contributed by atoms with Crippen molar-refractivity contribution in [2.45, 2.75) is 10.6 Å². The lowest BCUT2D eigenvalue weighted by Crippen LogP contribution is -1.94. The topological polar surface area (TPSA) is 61.0 Å². The van der Waals surface area contributed by atoms with Gasteiger partial charge in [-0.2, -0.15) is 0 Å². The number of thioether (sulfide) groups is 1. The van der Waals surface area contributed by atoms with E-state index in [0.717, 1.165) is 16.2 Å². The van der Waals surface area contributed by atoms with Crippen molar-refractivity contribution in [1.82, 2.24) is 9.97 Å². The summed E-state index contributed by atoms with van der Waals surface area (Å²) in [5.41, 5.74) is 7.57. The van der Waals surface area contributed by atoms with Crippen LogP contribution in [0.3, 0.4) is 0 Å². The molecule has 2 aromatic rings. The molecular formula is C12H13N3OS. The molecule has 2 aromatic heterocycles. The number of nitrogen functional groups attached to an aromatic ring is 1. The molecule has 2 N–H and O–H groups in total.